The summed E-state index contributed by atoms with van der Waals surface area (Å²) in [7, 11) is 0. The van der Waals surface area contributed by atoms with Crippen molar-refractivity contribution in [3.63, 3.8) is 0 Å². The Morgan fingerprint density at radius 1 is 1.10 bits per heavy atom. The highest BCUT2D eigenvalue weighted by Crippen LogP contribution is 2.41. The van der Waals surface area contributed by atoms with Gasteiger partial charge in [-0.3, -0.25) is 19.2 Å². The van der Waals surface area contributed by atoms with E-state index in [9.17, 15) is 19.2 Å². The van der Waals surface area contributed by atoms with Crippen LogP contribution in [0.5, 0.6) is 0 Å². The molecule has 0 aromatic rings. The molecule has 1 saturated carbocycles. The summed E-state index contributed by atoms with van der Waals surface area (Å²) in [5.41, 5.74) is -2.61. The van der Waals surface area contributed by atoms with Crippen LogP contribution >= 0.6 is 11.6 Å². The summed E-state index contributed by atoms with van der Waals surface area (Å²) in [6, 6.07) is 0. The van der Waals surface area contributed by atoms with Crippen molar-refractivity contribution in [2.24, 2.45) is 22.7 Å². The Balaban J connectivity index is 3.26. The Hall–Kier alpha value is -1.03. The first-order valence-electron chi connectivity index (χ1n) is 6.72. The highest BCUT2D eigenvalue weighted by atomic mass is 35.5. The molecule has 0 heterocycles. The van der Waals surface area contributed by atoms with Gasteiger partial charge >= 0.3 is 0 Å². The fourth-order valence-electron chi connectivity index (χ4n) is 2.69. The molecule has 5 heteroatoms. The maximum absolute atomic E-state index is 12.4. The number of hydrogen-bond acceptors (Lipinski definition) is 4. The van der Waals surface area contributed by atoms with Gasteiger partial charge in [-0.2, -0.15) is 0 Å². The SMILES string of the molecule is CC(CCCl)C(=O)C1C(=O)C(C)(C)C(=O)C(C)(C)C1=O. The minimum absolute atomic E-state index is 0.285. The number of alkyl halides is 1. The first-order chi connectivity index (χ1) is 8.99. The van der Waals surface area contributed by atoms with E-state index in [-0.39, 0.29) is 5.88 Å². The van der Waals surface area contributed by atoms with E-state index in [0.717, 1.165) is 0 Å². The van der Waals surface area contributed by atoms with Crippen LogP contribution in [-0.4, -0.2) is 29.0 Å². The van der Waals surface area contributed by atoms with Crippen LogP contribution < -0.4 is 0 Å². The predicted molar refractivity (Wildman–Crippen MR) is 75.6 cm³/mol. The van der Waals surface area contributed by atoms with Gasteiger partial charge in [-0.05, 0) is 34.1 Å². The van der Waals surface area contributed by atoms with E-state index < -0.39 is 45.8 Å². The van der Waals surface area contributed by atoms with Gasteiger partial charge in [-0.25, -0.2) is 0 Å². The maximum atomic E-state index is 12.4. The third-order valence-corrected chi connectivity index (χ3v) is 4.42. The quantitative estimate of drug-likeness (QED) is 0.589. The minimum atomic E-state index is -1.34. The van der Waals surface area contributed by atoms with E-state index >= 15 is 0 Å². The molecule has 4 nitrogen and oxygen atoms in total. The average molecular weight is 301 g/mol. The zero-order chi connectivity index (χ0) is 15.9. The van der Waals surface area contributed by atoms with Crippen LogP contribution in [0.4, 0.5) is 0 Å². The van der Waals surface area contributed by atoms with Crippen LogP contribution in [0.1, 0.15) is 41.0 Å². The van der Waals surface area contributed by atoms with Crippen molar-refractivity contribution in [1.82, 2.24) is 0 Å². The normalized spacial score (nSPS) is 23.8. The molecular formula is C15H21ClO4. The van der Waals surface area contributed by atoms with Crippen LogP contribution in [0.2, 0.25) is 0 Å². The molecular weight excluding hydrogens is 280 g/mol. The largest absolute Gasteiger partial charge is 0.298 e. The number of Topliss-reactive ketones (excluding diaryl/α,β-unsaturated/α-hetero) is 4. The van der Waals surface area contributed by atoms with E-state index in [1.165, 1.54) is 27.7 Å². The summed E-state index contributed by atoms with van der Waals surface area (Å²) < 4.78 is 0. The van der Waals surface area contributed by atoms with Crippen LogP contribution in [-0.2, 0) is 19.2 Å². The Morgan fingerprint density at radius 3 is 1.85 bits per heavy atom. The molecule has 1 atom stereocenters. The number of ketones is 4. The molecule has 0 spiro atoms. The van der Waals surface area contributed by atoms with Crippen molar-refractivity contribution in [2.45, 2.75) is 41.0 Å². The first kappa shape index (κ1) is 17.0. The van der Waals surface area contributed by atoms with E-state index in [2.05, 4.69) is 0 Å². The number of hydrogen-bond donors (Lipinski definition) is 0. The zero-order valence-electron chi connectivity index (χ0n) is 12.6. The zero-order valence-corrected chi connectivity index (χ0v) is 13.3. The predicted octanol–water partition coefficient (Wildman–Crippen LogP) is 2.21. The molecule has 20 heavy (non-hydrogen) atoms. The Morgan fingerprint density at radius 2 is 1.50 bits per heavy atom. The second-order valence-corrected chi connectivity index (χ2v) is 6.90. The van der Waals surface area contributed by atoms with Crippen LogP contribution in [0.3, 0.4) is 0 Å². The van der Waals surface area contributed by atoms with Crippen molar-refractivity contribution in [3.8, 4) is 0 Å². The highest BCUT2D eigenvalue weighted by Gasteiger charge is 2.60. The van der Waals surface area contributed by atoms with Crippen molar-refractivity contribution in [3.05, 3.63) is 0 Å². The van der Waals surface area contributed by atoms with E-state index in [4.69, 9.17) is 11.6 Å². The minimum Gasteiger partial charge on any atom is -0.298 e. The summed E-state index contributed by atoms with van der Waals surface area (Å²) in [6.07, 6.45) is 0.409. The fourth-order valence-corrected chi connectivity index (χ4v) is 3.02. The van der Waals surface area contributed by atoms with Gasteiger partial charge in [0.05, 0.1) is 10.8 Å². The summed E-state index contributed by atoms with van der Waals surface area (Å²) in [5.74, 6) is -3.53. The van der Waals surface area contributed by atoms with Gasteiger partial charge < -0.3 is 0 Å². The summed E-state index contributed by atoms with van der Waals surface area (Å²) in [5, 5.41) is 0. The van der Waals surface area contributed by atoms with E-state index in [0.29, 0.717) is 6.42 Å². The molecule has 0 amide bonds. The van der Waals surface area contributed by atoms with Crippen molar-refractivity contribution in [1.29, 1.82) is 0 Å². The second kappa shape index (κ2) is 5.40. The molecule has 1 unspecified atom stereocenters. The van der Waals surface area contributed by atoms with Crippen molar-refractivity contribution in [2.75, 3.05) is 5.88 Å². The second-order valence-electron chi connectivity index (χ2n) is 6.52. The monoisotopic (exact) mass is 300 g/mol. The Bertz CT molecular complexity index is 446. The molecule has 1 aliphatic rings. The molecule has 0 N–H and O–H groups in total. The van der Waals surface area contributed by atoms with Crippen LogP contribution in [0.25, 0.3) is 0 Å². The van der Waals surface area contributed by atoms with E-state index in [1.807, 2.05) is 0 Å². The lowest BCUT2D eigenvalue weighted by molar-refractivity contribution is -0.162. The lowest BCUT2D eigenvalue weighted by atomic mass is 9.57. The number of carbonyl (C=O) groups is 4. The fraction of sp³-hybridized carbons (Fsp3) is 0.733. The third kappa shape index (κ3) is 2.46. The van der Waals surface area contributed by atoms with Gasteiger partial charge in [0.25, 0.3) is 0 Å². The van der Waals surface area contributed by atoms with Gasteiger partial charge in [-0.15, -0.1) is 11.6 Å². The maximum Gasteiger partial charge on any atom is 0.163 e. The van der Waals surface area contributed by atoms with E-state index in [1.54, 1.807) is 6.92 Å². The molecule has 0 aliphatic heterocycles. The molecule has 0 radical (unpaired) electrons. The smallest absolute Gasteiger partial charge is 0.163 e. The summed E-state index contributed by atoms with van der Waals surface area (Å²) in [6.45, 7) is 7.59. The van der Waals surface area contributed by atoms with Gasteiger partial charge in [0.2, 0.25) is 0 Å². The van der Waals surface area contributed by atoms with Gasteiger partial charge in [0.1, 0.15) is 5.92 Å². The van der Waals surface area contributed by atoms with Crippen molar-refractivity contribution >= 4 is 34.7 Å². The molecule has 1 fully saturated rings. The van der Waals surface area contributed by atoms with Gasteiger partial charge in [-0.1, -0.05) is 6.92 Å². The Labute approximate surface area is 124 Å². The molecule has 1 rings (SSSR count). The number of halogens is 1. The average Bonchev–Trinajstić information content (AvgIpc) is 2.36. The number of rotatable bonds is 4. The topological polar surface area (TPSA) is 68.3 Å². The lowest BCUT2D eigenvalue weighted by Gasteiger charge is -2.40. The van der Waals surface area contributed by atoms with Crippen LogP contribution in [0.15, 0.2) is 0 Å². The first-order valence-corrected chi connectivity index (χ1v) is 7.26. The lowest BCUT2D eigenvalue weighted by Crippen LogP contribution is -2.59. The Kier molecular flexibility index (Phi) is 4.59. The molecule has 0 aromatic carbocycles. The van der Waals surface area contributed by atoms with Gasteiger partial charge in [0, 0.05) is 11.8 Å². The molecule has 0 saturated heterocycles. The highest BCUT2D eigenvalue weighted by molar-refractivity contribution is 6.35. The molecule has 0 aromatic heterocycles. The molecule has 1 aliphatic carbocycles. The van der Waals surface area contributed by atoms with Crippen LogP contribution in [0, 0.1) is 22.7 Å². The third-order valence-electron chi connectivity index (χ3n) is 4.20. The summed E-state index contributed by atoms with van der Waals surface area (Å²) in [4.78, 5) is 49.5. The standard InChI is InChI=1S/C15H21ClO4/c1-8(6-7-16)10(17)9-11(18)14(2,3)13(20)15(4,5)12(9)19/h8-9H,6-7H2,1-5H3. The molecule has 0 bridgehead atoms. The van der Waals surface area contributed by atoms with Crippen molar-refractivity contribution < 1.29 is 19.2 Å². The summed E-state index contributed by atoms with van der Waals surface area (Å²) >= 11 is 5.61. The number of carbonyl (C=O) groups excluding carboxylic acids is 4. The molecule has 112 valence electrons. The van der Waals surface area contributed by atoms with Gasteiger partial charge in [0.15, 0.2) is 23.1 Å².